The molecule has 0 aliphatic carbocycles. The molecule has 0 rings (SSSR count). The zero-order chi connectivity index (χ0) is 12.8. The van der Waals surface area contributed by atoms with Gasteiger partial charge in [0.25, 0.3) is 0 Å². The van der Waals surface area contributed by atoms with Crippen LogP contribution in [0, 0.1) is 22.7 Å². The number of aliphatic imine (C=N–C) groups is 2. The molecule has 0 aromatic carbocycles. The van der Waals surface area contributed by atoms with Gasteiger partial charge in [-0.2, -0.15) is 23.7 Å². The summed E-state index contributed by atoms with van der Waals surface area (Å²) in [7, 11) is 0. The van der Waals surface area contributed by atoms with Gasteiger partial charge in [-0.25, -0.2) is 9.98 Å². The van der Waals surface area contributed by atoms with Gasteiger partial charge in [0.2, 0.25) is 5.84 Å². The number of amidine groups is 1. The normalized spacial score (nSPS) is 13.5. The van der Waals surface area contributed by atoms with Crippen molar-refractivity contribution >= 4 is 12.6 Å². The highest BCUT2D eigenvalue weighted by Gasteiger charge is 2.35. The molecule has 0 spiro atoms. The highest BCUT2D eigenvalue weighted by Crippen LogP contribution is 2.21. The fourth-order valence-electron chi connectivity index (χ4n) is 0.712. The first-order chi connectivity index (χ1) is 7.36. The minimum atomic E-state index is -4.75. The van der Waals surface area contributed by atoms with E-state index < -0.39 is 18.4 Å². The molecule has 0 bridgehead atoms. The summed E-state index contributed by atoms with van der Waals surface area (Å²) in [5.41, 5.74) is -0.323. The van der Waals surface area contributed by atoms with Gasteiger partial charge < -0.3 is 0 Å². The first-order valence-corrected chi connectivity index (χ1v) is 3.96. The van der Waals surface area contributed by atoms with Crippen molar-refractivity contribution in [2.45, 2.75) is 19.5 Å². The van der Waals surface area contributed by atoms with Gasteiger partial charge in [-0.1, -0.05) is 0 Å². The van der Waals surface area contributed by atoms with E-state index in [0.717, 1.165) is 0 Å². The van der Waals surface area contributed by atoms with Crippen LogP contribution >= 0.6 is 0 Å². The molecule has 0 saturated carbocycles. The van der Waals surface area contributed by atoms with Gasteiger partial charge in [0.1, 0.15) is 0 Å². The van der Waals surface area contributed by atoms with Crippen LogP contribution in [0.4, 0.5) is 13.2 Å². The fourth-order valence-corrected chi connectivity index (χ4v) is 0.712. The number of nitrogens with zero attached hydrogens (tertiary/aromatic N) is 4. The fraction of sp³-hybridized carbons (Fsp3) is 0.333. The minimum Gasteiger partial charge on any atom is -0.241 e. The molecule has 0 fully saturated rings. The number of rotatable bonds is 2. The topological polar surface area (TPSA) is 72.3 Å². The molecule has 0 N–H and O–H groups in total. The van der Waals surface area contributed by atoms with Crippen LogP contribution in [0.3, 0.4) is 0 Å². The van der Waals surface area contributed by atoms with Crippen LogP contribution in [0.5, 0.6) is 0 Å². The van der Waals surface area contributed by atoms with E-state index in [1.165, 1.54) is 6.92 Å². The minimum absolute atomic E-state index is 0.0630. The van der Waals surface area contributed by atoms with Crippen LogP contribution in [0.2, 0.25) is 0 Å². The number of halogens is 3. The number of allylic oxidation sites excluding steroid dienone is 2. The highest BCUT2D eigenvalue weighted by molar-refractivity contribution is 5.91. The van der Waals surface area contributed by atoms with Gasteiger partial charge in [-0.15, -0.1) is 0 Å². The van der Waals surface area contributed by atoms with Crippen molar-refractivity contribution in [1.29, 1.82) is 10.5 Å². The van der Waals surface area contributed by atoms with E-state index in [-0.39, 0.29) is 11.3 Å². The summed E-state index contributed by atoms with van der Waals surface area (Å²) < 4.78 is 36.7. The third-order valence-corrected chi connectivity index (χ3v) is 1.49. The molecule has 0 aromatic rings. The average molecular weight is 228 g/mol. The Balaban J connectivity index is 5.48. The van der Waals surface area contributed by atoms with Crippen molar-refractivity contribution in [3.8, 4) is 12.1 Å². The first-order valence-electron chi connectivity index (χ1n) is 3.96. The van der Waals surface area contributed by atoms with Crippen molar-refractivity contribution in [2.24, 2.45) is 9.98 Å². The van der Waals surface area contributed by atoms with Gasteiger partial charge in [-0.3, -0.25) is 0 Å². The Kier molecular flexibility index (Phi) is 4.90. The largest absolute Gasteiger partial charge is 0.451 e. The highest BCUT2D eigenvalue weighted by atomic mass is 19.4. The summed E-state index contributed by atoms with van der Waals surface area (Å²) in [6.07, 6.45) is -5.15. The van der Waals surface area contributed by atoms with Gasteiger partial charge >= 0.3 is 6.18 Å². The van der Waals surface area contributed by atoms with E-state index in [1.807, 2.05) is 0 Å². The molecular formula is C9H7F3N4. The number of hydrogen-bond donors (Lipinski definition) is 0. The van der Waals surface area contributed by atoms with Crippen LogP contribution in [0.15, 0.2) is 21.3 Å². The molecule has 0 aromatic heterocycles. The van der Waals surface area contributed by atoms with Gasteiger partial charge in [0.05, 0.1) is 24.3 Å². The second-order valence-electron chi connectivity index (χ2n) is 2.61. The maximum absolute atomic E-state index is 12.2. The maximum Gasteiger partial charge on any atom is 0.451 e. The molecule has 7 heteroatoms. The third kappa shape index (κ3) is 3.93. The van der Waals surface area contributed by atoms with Gasteiger partial charge in [0.15, 0.2) is 0 Å². The molecule has 0 saturated heterocycles. The summed E-state index contributed by atoms with van der Waals surface area (Å²) in [5, 5.41) is 16.9. The van der Waals surface area contributed by atoms with Gasteiger partial charge in [-0.05, 0) is 13.6 Å². The van der Waals surface area contributed by atoms with Crippen LogP contribution in [-0.2, 0) is 0 Å². The van der Waals surface area contributed by atoms with E-state index in [1.54, 1.807) is 12.1 Å². The zero-order valence-electron chi connectivity index (χ0n) is 8.34. The predicted molar refractivity (Wildman–Crippen MR) is 51.6 cm³/mol. The Morgan fingerprint density at radius 1 is 1.38 bits per heavy atom. The van der Waals surface area contributed by atoms with E-state index >= 15 is 0 Å². The Labute approximate surface area is 90.0 Å². The second kappa shape index (κ2) is 5.66. The van der Waals surface area contributed by atoms with Crippen LogP contribution in [-0.4, -0.2) is 18.7 Å². The van der Waals surface area contributed by atoms with E-state index in [4.69, 9.17) is 10.5 Å². The monoisotopic (exact) mass is 228 g/mol. The SMILES string of the molecule is C=N/C(=N\C(CC#N)=C(/C)C#N)C(F)(F)F. The van der Waals surface area contributed by atoms with E-state index in [0.29, 0.717) is 0 Å². The molecule has 84 valence electrons. The summed E-state index contributed by atoms with van der Waals surface area (Å²) in [5.74, 6) is -1.47. The number of nitriles is 2. The van der Waals surface area contributed by atoms with Crippen molar-refractivity contribution in [3.05, 3.63) is 11.3 Å². The lowest BCUT2D eigenvalue weighted by Crippen LogP contribution is -2.20. The van der Waals surface area contributed by atoms with E-state index in [9.17, 15) is 13.2 Å². The summed E-state index contributed by atoms with van der Waals surface area (Å²) in [6.45, 7) is 4.01. The molecular weight excluding hydrogens is 221 g/mol. The third-order valence-electron chi connectivity index (χ3n) is 1.49. The molecule has 0 radical (unpaired) electrons. The zero-order valence-corrected chi connectivity index (χ0v) is 8.34. The lowest BCUT2D eigenvalue weighted by molar-refractivity contribution is -0.0596. The van der Waals surface area contributed by atoms with Crippen LogP contribution < -0.4 is 0 Å². The quantitative estimate of drug-likeness (QED) is 0.413. The Hall–Kier alpha value is -2.15. The number of alkyl halides is 3. The average Bonchev–Trinajstić information content (AvgIpc) is 2.21. The Morgan fingerprint density at radius 2 is 1.94 bits per heavy atom. The standard InChI is InChI=1S/C9H7F3N4/c1-6(5-14)7(3-4-13)16-8(15-2)9(10,11)12/h2-3H2,1H3/b7-6+,16-8-. The van der Waals surface area contributed by atoms with Crippen LogP contribution in [0.1, 0.15) is 13.3 Å². The predicted octanol–water partition coefficient (Wildman–Crippen LogP) is 2.36. The summed E-state index contributed by atoms with van der Waals surface area (Å²) in [6, 6.07) is 3.24. The summed E-state index contributed by atoms with van der Waals surface area (Å²) >= 11 is 0. The van der Waals surface area contributed by atoms with Crippen molar-refractivity contribution in [2.75, 3.05) is 0 Å². The molecule has 0 heterocycles. The second-order valence-corrected chi connectivity index (χ2v) is 2.61. The van der Waals surface area contributed by atoms with Crippen LogP contribution in [0.25, 0.3) is 0 Å². The molecule has 0 unspecified atom stereocenters. The molecule has 0 aliphatic rings. The van der Waals surface area contributed by atoms with Gasteiger partial charge in [0, 0.05) is 5.57 Å². The molecule has 0 amide bonds. The Bertz CT molecular complexity index is 418. The van der Waals surface area contributed by atoms with Crippen molar-refractivity contribution in [1.82, 2.24) is 0 Å². The molecule has 4 nitrogen and oxygen atoms in total. The van der Waals surface area contributed by atoms with Crippen molar-refractivity contribution in [3.63, 3.8) is 0 Å². The molecule has 0 atom stereocenters. The first kappa shape index (κ1) is 13.8. The molecule has 16 heavy (non-hydrogen) atoms. The number of hydrogen-bond acceptors (Lipinski definition) is 3. The Morgan fingerprint density at radius 3 is 2.25 bits per heavy atom. The lowest BCUT2D eigenvalue weighted by atomic mass is 10.2. The smallest absolute Gasteiger partial charge is 0.241 e. The lowest BCUT2D eigenvalue weighted by Gasteiger charge is -2.05. The molecule has 0 aliphatic heterocycles. The van der Waals surface area contributed by atoms with E-state index in [2.05, 4.69) is 16.7 Å². The van der Waals surface area contributed by atoms with Crippen molar-refractivity contribution < 1.29 is 13.2 Å². The summed E-state index contributed by atoms with van der Waals surface area (Å²) in [4.78, 5) is 5.84. The maximum atomic E-state index is 12.2.